The van der Waals surface area contributed by atoms with Crippen molar-refractivity contribution in [1.29, 1.82) is 0 Å². The summed E-state index contributed by atoms with van der Waals surface area (Å²) < 4.78 is 15.9. The van der Waals surface area contributed by atoms with E-state index in [0.29, 0.717) is 16.9 Å². The molecule has 6 nitrogen and oxygen atoms in total. The van der Waals surface area contributed by atoms with Crippen LogP contribution < -0.4 is 9.47 Å². The maximum absolute atomic E-state index is 12.6. The molecular formula is C22H20O6. The van der Waals surface area contributed by atoms with Crippen molar-refractivity contribution in [2.24, 2.45) is 0 Å². The molecule has 0 saturated heterocycles. The molecule has 0 aliphatic heterocycles. The van der Waals surface area contributed by atoms with Crippen LogP contribution in [0.2, 0.25) is 0 Å². The number of esters is 1. The van der Waals surface area contributed by atoms with Crippen molar-refractivity contribution in [2.75, 3.05) is 14.2 Å². The normalized spacial score (nSPS) is 14.0. The third-order valence-electron chi connectivity index (χ3n) is 4.44. The quantitative estimate of drug-likeness (QED) is 0.564. The average Bonchev–Trinajstić information content (AvgIpc) is 2.71. The summed E-state index contributed by atoms with van der Waals surface area (Å²) in [5.74, 6) is -0.956. The number of rotatable bonds is 6. The Morgan fingerprint density at radius 2 is 1.71 bits per heavy atom. The SMILES string of the molecule is COc1cc2c(c(OC)c1)C(=O)C(=O)C(C[C@@H](C)OC(=O)c1ccccc1)=C2. The highest BCUT2D eigenvalue weighted by Gasteiger charge is 2.32. The molecule has 0 fully saturated rings. The molecule has 1 atom stereocenters. The Morgan fingerprint density at radius 1 is 1.00 bits per heavy atom. The van der Waals surface area contributed by atoms with Gasteiger partial charge in [-0.05, 0) is 36.8 Å². The van der Waals surface area contributed by atoms with E-state index < -0.39 is 23.6 Å². The monoisotopic (exact) mass is 380 g/mol. The van der Waals surface area contributed by atoms with Crippen molar-refractivity contribution in [3.05, 3.63) is 64.7 Å². The Kier molecular flexibility index (Phi) is 5.59. The molecule has 0 heterocycles. The van der Waals surface area contributed by atoms with Gasteiger partial charge in [-0.3, -0.25) is 9.59 Å². The van der Waals surface area contributed by atoms with Gasteiger partial charge in [0.25, 0.3) is 0 Å². The zero-order chi connectivity index (χ0) is 20.3. The van der Waals surface area contributed by atoms with E-state index in [9.17, 15) is 14.4 Å². The minimum Gasteiger partial charge on any atom is -0.497 e. The number of hydrogen-bond donors (Lipinski definition) is 0. The summed E-state index contributed by atoms with van der Waals surface area (Å²) in [5, 5.41) is 0. The molecule has 3 rings (SSSR count). The maximum atomic E-state index is 12.6. The zero-order valence-corrected chi connectivity index (χ0v) is 15.9. The van der Waals surface area contributed by atoms with Gasteiger partial charge in [0.2, 0.25) is 11.6 Å². The van der Waals surface area contributed by atoms with Crippen molar-refractivity contribution in [3.63, 3.8) is 0 Å². The van der Waals surface area contributed by atoms with Crippen LogP contribution in [0.25, 0.3) is 6.08 Å². The maximum Gasteiger partial charge on any atom is 0.338 e. The van der Waals surface area contributed by atoms with Crippen molar-refractivity contribution in [2.45, 2.75) is 19.4 Å². The molecule has 0 aromatic heterocycles. The van der Waals surface area contributed by atoms with Crippen molar-refractivity contribution >= 4 is 23.6 Å². The Labute approximate surface area is 162 Å². The topological polar surface area (TPSA) is 78.9 Å². The first-order valence-electron chi connectivity index (χ1n) is 8.76. The Balaban J connectivity index is 1.84. The lowest BCUT2D eigenvalue weighted by molar-refractivity contribution is -0.112. The van der Waals surface area contributed by atoms with Crippen LogP contribution >= 0.6 is 0 Å². The summed E-state index contributed by atoms with van der Waals surface area (Å²) in [5.41, 5.74) is 1.46. The Hall–Kier alpha value is -3.41. The summed E-state index contributed by atoms with van der Waals surface area (Å²) in [4.78, 5) is 37.4. The Bertz CT molecular complexity index is 958. The summed E-state index contributed by atoms with van der Waals surface area (Å²) in [6.07, 6.45) is 1.17. The predicted octanol–water partition coefficient (Wildman–Crippen LogP) is 3.49. The lowest BCUT2D eigenvalue weighted by Crippen LogP contribution is -2.25. The van der Waals surface area contributed by atoms with Gasteiger partial charge < -0.3 is 14.2 Å². The van der Waals surface area contributed by atoms with Crippen LogP contribution in [0.4, 0.5) is 0 Å². The van der Waals surface area contributed by atoms with E-state index in [2.05, 4.69) is 0 Å². The van der Waals surface area contributed by atoms with Gasteiger partial charge in [-0.25, -0.2) is 4.79 Å². The fraction of sp³-hybridized carbons (Fsp3) is 0.227. The lowest BCUT2D eigenvalue weighted by Gasteiger charge is -2.20. The average molecular weight is 380 g/mol. The smallest absolute Gasteiger partial charge is 0.338 e. The molecule has 144 valence electrons. The van der Waals surface area contributed by atoms with Crippen molar-refractivity contribution < 1.29 is 28.6 Å². The van der Waals surface area contributed by atoms with Gasteiger partial charge in [0.15, 0.2) is 0 Å². The number of carbonyl (C=O) groups excluding carboxylic acids is 3. The molecule has 0 saturated carbocycles. The van der Waals surface area contributed by atoms with E-state index in [-0.39, 0.29) is 23.3 Å². The van der Waals surface area contributed by atoms with Gasteiger partial charge >= 0.3 is 5.97 Å². The number of ketones is 2. The number of hydrogen-bond acceptors (Lipinski definition) is 6. The molecule has 1 aliphatic carbocycles. The van der Waals surface area contributed by atoms with Crippen LogP contribution in [0.3, 0.4) is 0 Å². The highest BCUT2D eigenvalue weighted by atomic mass is 16.5. The third-order valence-corrected chi connectivity index (χ3v) is 4.44. The molecule has 0 N–H and O–H groups in total. The van der Waals surface area contributed by atoms with Crippen LogP contribution in [0.1, 0.15) is 39.6 Å². The Morgan fingerprint density at radius 3 is 2.36 bits per heavy atom. The summed E-state index contributed by atoms with van der Waals surface area (Å²) >= 11 is 0. The van der Waals surface area contributed by atoms with Crippen molar-refractivity contribution in [3.8, 4) is 11.5 Å². The number of ether oxygens (including phenoxy) is 3. The fourth-order valence-electron chi connectivity index (χ4n) is 3.09. The fourth-order valence-corrected chi connectivity index (χ4v) is 3.09. The molecule has 28 heavy (non-hydrogen) atoms. The van der Waals surface area contributed by atoms with E-state index >= 15 is 0 Å². The minimum absolute atomic E-state index is 0.127. The molecule has 0 spiro atoms. The van der Waals surface area contributed by atoms with E-state index in [0.717, 1.165) is 0 Å². The number of Topliss-reactive ketones (excluding diaryl/α,β-unsaturated/α-hetero) is 2. The van der Waals surface area contributed by atoms with Crippen molar-refractivity contribution in [1.82, 2.24) is 0 Å². The molecule has 2 aromatic rings. The summed E-state index contributed by atoms with van der Waals surface area (Å²) in [6.45, 7) is 1.68. The molecule has 6 heteroatoms. The first kappa shape index (κ1) is 19.4. The summed E-state index contributed by atoms with van der Waals surface area (Å²) in [7, 11) is 2.93. The van der Waals surface area contributed by atoms with E-state index in [4.69, 9.17) is 14.2 Å². The lowest BCUT2D eigenvalue weighted by atomic mass is 9.87. The van der Waals surface area contributed by atoms with E-state index in [1.54, 1.807) is 55.5 Å². The first-order valence-corrected chi connectivity index (χ1v) is 8.76. The second kappa shape index (κ2) is 8.08. The number of methoxy groups -OCH3 is 2. The minimum atomic E-state index is -0.645. The second-order valence-electron chi connectivity index (χ2n) is 6.41. The van der Waals surface area contributed by atoms with E-state index in [1.165, 1.54) is 14.2 Å². The predicted molar refractivity (Wildman–Crippen MR) is 103 cm³/mol. The van der Waals surface area contributed by atoms with Crippen LogP contribution in [-0.4, -0.2) is 37.9 Å². The van der Waals surface area contributed by atoms with Crippen LogP contribution in [0.5, 0.6) is 11.5 Å². The molecular weight excluding hydrogens is 360 g/mol. The first-order chi connectivity index (χ1) is 13.4. The van der Waals surface area contributed by atoms with Crippen LogP contribution in [0.15, 0.2) is 48.0 Å². The summed E-state index contributed by atoms with van der Waals surface area (Å²) in [6, 6.07) is 11.8. The molecule has 2 aromatic carbocycles. The molecule has 0 unspecified atom stereocenters. The molecule has 0 radical (unpaired) electrons. The van der Waals surface area contributed by atoms with Gasteiger partial charge in [-0.15, -0.1) is 0 Å². The van der Waals surface area contributed by atoms with E-state index in [1.807, 2.05) is 0 Å². The highest BCUT2D eigenvalue weighted by Crippen LogP contribution is 2.35. The van der Waals surface area contributed by atoms with Gasteiger partial charge in [0.1, 0.15) is 17.6 Å². The highest BCUT2D eigenvalue weighted by molar-refractivity contribution is 6.52. The van der Waals surface area contributed by atoms with Crippen LogP contribution in [0, 0.1) is 0 Å². The number of carbonyl (C=O) groups is 3. The molecule has 0 amide bonds. The molecule has 0 bridgehead atoms. The zero-order valence-electron chi connectivity index (χ0n) is 15.9. The van der Waals surface area contributed by atoms with Gasteiger partial charge in [-0.1, -0.05) is 18.2 Å². The number of fused-ring (bicyclic) bond motifs is 1. The second-order valence-corrected chi connectivity index (χ2v) is 6.41. The van der Waals surface area contributed by atoms with Gasteiger partial charge in [-0.2, -0.15) is 0 Å². The third kappa shape index (κ3) is 3.81. The largest absolute Gasteiger partial charge is 0.497 e. The van der Waals surface area contributed by atoms with Crippen LogP contribution in [-0.2, 0) is 9.53 Å². The standard InChI is InChI=1S/C22H20O6/c1-13(28-22(25)14-7-5-4-6-8-14)9-16-10-15-11-17(26-2)12-18(27-3)19(15)21(24)20(16)23/h4-8,10-13H,9H2,1-3H3/t13-/m1/s1. The van der Waals surface area contributed by atoms with Gasteiger partial charge in [0, 0.05) is 18.1 Å². The van der Waals surface area contributed by atoms with Gasteiger partial charge in [0.05, 0.1) is 25.3 Å². The molecule has 1 aliphatic rings. The number of benzene rings is 2.